The Kier molecular flexibility index (Phi) is 8.56. The summed E-state index contributed by atoms with van der Waals surface area (Å²) < 4.78 is 0. The molecule has 8 nitrogen and oxygen atoms in total. The van der Waals surface area contributed by atoms with Gasteiger partial charge in [-0.15, -0.1) is 11.3 Å². The van der Waals surface area contributed by atoms with E-state index in [1.807, 2.05) is 64.4 Å². The van der Waals surface area contributed by atoms with Gasteiger partial charge in [0.15, 0.2) is 0 Å². The van der Waals surface area contributed by atoms with Gasteiger partial charge < -0.3 is 20.6 Å². The number of carbonyl (C=O) groups is 3. The first kappa shape index (κ1) is 27.8. The highest BCUT2D eigenvalue weighted by Gasteiger charge is 2.44. The summed E-state index contributed by atoms with van der Waals surface area (Å²) in [4.78, 5) is 46.1. The molecule has 3 amide bonds. The molecule has 0 radical (unpaired) electrons. The van der Waals surface area contributed by atoms with E-state index in [2.05, 4.69) is 15.6 Å². The Labute approximate surface area is 217 Å². The Bertz CT molecular complexity index is 1090. The van der Waals surface area contributed by atoms with Crippen LogP contribution in [0.5, 0.6) is 0 Å². The number of aromatic nitrogens is 1. The summed E-state index contributed by atoms with van der Waals surface area (Å²) in [5, 5.41) is 16.2. The van der Waals surface area contributed by atoms with E-state index in [9.17, 15) is 19.5 Å². The number of nitrogens with one attached hydrogen (secondary N) is 2. The fraction of sp³-hybridized carbons (Fsp3) is 0.556. The molecule has 1 aliphatic rings. The monoisotopic (exact) mass is 514 g/mol. The lowest BCUT2D eigenvalue weighted by atomic mass is 9.85. The van der Waals surface area contributed by atoms with Crippen molar-refractivity contribution >= 4 is 29.1 Å². The third-order valence-corrected chi connectivity index (χ3v) is 7.54. The van der Waals surface area contributed by atoms with Gasteiger partial charge >= 0.3 is 0 Å². The van der Waals surface area contributed by atoms with Gasteiger partial charge in [-0.25, -0.2) is 4.98 Å². The predicted octanol–water partition coefficient (Wildman–Crippen LogP) is 3.44. The van der Waals surface area contributed by atoms with E-state index < -0.39 is 23.6 Å². The van der Waals surface area contributed by atoms with Gasteiger partial charge in [-0.1, -0.05) is 58.9 Å². The molecule has 3 N–H and O–H groups in total. The molecule has 2 aromatic rings. The van der Waals surface area contributed by atoms with Crippen LogP contribution in [0.1, 0.15) is 65.3 Å². The molecule has 196 valence electrons. The zero-order chi connectivity index (χ0) is 26.8. The molecule has 3 rings (SSSR count). The van der Waals surface area contributed by atoms with E-state index in [0.717, 1.165) is 21.7 Å². The normalized spacial score (nSPS) is 19.8. The van der Waals surface area contributed by atoms with Crippen molar-refractivity contribution in [1.82, 2.24) is 20.5 Å². The van der Waals surface area contributed by atoms with Crippen molar-refractivity contribution in [1.29, 1.82) is 0 Å². The van der Waals surface area contributed by atoms with E-state index in [1.54, 1.807) is 25.2 Å². The van der Waals surface area contributed by atoms with Gasteiger partial charge in [0, 0.05) is 18.9 Å². The molecule has 0 aliphatic carbocycles. The first-order valence-corrected chi connectivity index (χ1v) is 13.3. The van der Waals surface area contributed by atoms with E-state index in [4.69, 9.17) is 0 Å². The largest absolute Gasteiger partial charge is 0.391 e. The number of carbonyl (C=O) groups excluding carboxylic acids is 3. The van der Waals surface area contributed by atoms with Gasteiger partial charge in [0.1, 0.15) is 12.1 Å². The number of β-amino-alcohol motifs (C(OH)–C–C–N with tert-alkyl or cyclic N) is 1. The molecule has 4 unspecified atom stereocenters. The molecule has 36 heavy (non-hydrogen) atoms. The van der Waals surface area contributed by atoms with E-state index in [1.165, 1.54) is 4.90 Å². The van der Waals surface area contributed by atoms with Crippen molar-refractivity contribution in [3.63, 3.8) is 0 Å². The summed E-state index contributed by atoms with van der Waals surface area (Å²) in [6.45, 7) is 13.1. The molecular formula is C27H38N4O4S. The average molecular weight is 515 g/mol. The summed E-state index contributed by atoms with van der Waals surface area (Å²) in [5.74, 6) is -1.18. The van der Waals surface area contributed by atoms with E-state index in [0.29, 0.717) is 0 Å². The van der Waals surface area contributed by atoms with Crippen LogP contribution in [0.2, 0.25) is 0 Å². The van der Waals surface area contributed by atoms with Crippen molar-refractivity contribution in [2.45, 2.75) is 79.1 Å². The maximum atomic E-state index is 13.6. The number of thiazole rings is 1. The molecule has 0 bridgehead atoms. The van der Waals surface area contributed by atoms with Crippen LogP contribution >= 0.6 is 11.3 Å². The number of aliphatic hydroxyl groups is 1. The highest BCUT2D eigenvalue weighted by Crippen LogP contribution is 2.29. The lowest BCUT2D eigenvalue weighted by Gasteiger charge is -2.36. The quantitative estimate of drug-likeness (QED) is 0.524. The summed E-state index contributed by atoms with van der Waals surface area (Å²) in [5.41, 5.74) is 4.24. The van der Waals surface area contributed by atoms with Crippen molar-refractivity contribution in [3.05, 3.63) is 41.0 Å². The summed E-state index contributed by atoms with van der Waals surface area (Å²) in [6.07, 6.45) is -0.647. The number of likely N-dealkylation sites (tertiary alicyclic amines) is 1. The van der Waals surface area contributed by atoms with Crippen molar-refractivity contribution in [2.24, 2.45) is 11.3 Å². The lowest BCUT2D eigenvalue weighted by Crippen LogP contribution is -2.58. The average Bonchev–Trinajstić information content (AvgIpc) is 3.41. The van der Waals surface area contributed by atoms with Crippen LogP contribution in [0.25, 0.3) is 10.4 Å². The van der Waals surface area contributed by atoms with Crippen molar-refractivity contribution in [2.75, 3.05) is 6.54 Å². The second kappa shape index (κ2) is 11.1. The van der Waals surface area contributed by atoms with Crippen molar-refractivity contribution in [3.8, 4) is 10.4 Å². The Hall–Kier alpha value is -2.78. The van der Waals surface area contributed by atoms with Crippen LogP contribution in [0.15, 0.2) is 29.8 Å². The minimum Gasteiger partial charge on any atom is -0.391 e. The van der Waals surface area contributed by atoms with Gasteiger partial charge in [-0.05, 0) is 30.4 Å². The summed E-state index contributed by atoms with van der Waals surface area (Å²) in [6, 6.07) is 6.06. The van der Waals surface area contributed by atoms with Crippen LogP contribution < -0.4 is 10.6 Å². The minimum absolute atomic E-state index is 0.0539. The molecular weight excluding hydrogens is 476 g/mol. The van der Waals surface area contributed by atoms with Crippen LogP contribution in [0, 0.1) is 18.3 Å². The maximum Gasteiger partial charge on any atom is 0.246 e. The second-order valence-electron chi connectivity index (χ2n) is 11.0. The number of hydrogen-bond acceptors (Lipinski definition) is 6. The Morgan fingerprint density at radius 2 is 1.75 bits per heavy atom. The highest BCUT2D eigenvalue weighted by molar-refractivity contribution is 7.13. The molecule has 1 fully saturated rings. The number of hydrogen-bond donors (Lipinski definition) is 3. The van der Waals surface area contributed by atoms with Crippen LogP contribution in [-0.4, -0.2) is 57.4 Å². The standard InChI is InChI=1S/C27H38N4O4S/c1-15(2)24(33)30-23(27(5,6)7)26(35)31-13-20(32)12-21(31)25(34)29-16(3)18-8-10-19(11-9-18)22-17(4)28-14-36-22/h8-11,14-16,20-21,23,32H,12-13H2,1-7H3,(H,29,34)(H,30,33). The SMILES string of the molecule is Cc1ncsc1-c1ccc(C(C)NC(=O)C2CC(O)CN2C(=O)C(NC(=O)C(C)C)C(C)(C)C)cc1. The van der Waals surface area contributed by atoms with Crippen molar-refractivity contribution < 1.29 is 19.5 Å². The number of rotatable bonds is 7. The molecule has 1 saturated heterocycles. The molecule has 1 aromatic carbocycles. The lowest BCUT2D eigenvalue weighted by molar-refractivity contribution is -0.144. The fourth-order valence-electron chi connectivity index (χ4n) is 4.32. The van der Waals surface area contributed by atoms with Crippen LogP contribution in [0.4, 0.5) is 0 Å². The number of aliphatic hydroxyl groups excluding tert-OH is 1. The maximum absolute atomic E-state index is 13.6. The predicted molar refractivity (Wildman–Crippen MR) is 141 cm³/mol. The number of aryl methyl sites for hydroxylation is 1. The molecule has 4 atom stereocenters. The Morgan fingerprint density at radius 3 is 2.28 bits per heavy atom. The smallest absolute Gasteiger partial charge is 0.246 e. The van der Waals surface area contributed by atoms with Gasteiger partial charge in [0.25, 0.3) is 0 Å². The Balaban J connectivity index is 1.73. The topological polar surface area (TPSA) is 112 Å². The molecule has 0 saturated carbocycles. The van der Waals surface area contributed by atoms with Gasteiger partial charge in [0.05, 0.1) is 28.2 Å². The molecule has 1 aromatic heterocycles. The van der Waals surface area contributed by atoms with Gasteiger partial charge in [-0.3, -0.25) is 14.4 Å². The number of nitrogens with zero attached hydrogens (tertiary/aromatic N) is 2. The van der Waals surface area contributed by atoms with E-state index >= 15 is 0 Å². The molecule has 2 heterocycles. The zero-order valence-corrected chi connectivity index (χ0v) is 23.0. The van der Waals surface area contributed by atoms with E-state index in [-0.39, 0.29) is 42.6 Å². The van der Waals surface area contributed by atoms with Crippen LogP contribution in [0.3, 0.4) is 0 Å². The first-order chi connectivity index (χ1) is 16.8. The van der Waals surface area contributed by atoms with Gasteiger partial charge in [-0.2, -0.15) is 0 Å². The number of benzene rings is 1. The third-order valence-electron chi connectivity index (χ3n) is 6.57. The fourth-order valence-corrected chi connectivity index (χ4v) is 5.14. The zero-order valence-electron chi connectivity index (χ0n) is 22.2. The van der Waals surface area contributed by atoms with Gasteiger partial charge in [0.2, 0.25) is 17.7 Å². The van der Waals surface area contributed by atoms with Crippen LogP contribution in [-0.2, 0) is 14.4 Å². The number of amides is 3. The summed E-state index contributed by atoms with van der Waals surface area (Å²) in [7, 11) is 0. The second-order valence-corrected chi connectivity index (χ2v) is 11.8. The summed E-state index contributed by atoms with van der Waals surface area (Å²) >= 11 is 1.59. The first-order valence-electron chi connectivity index (χ1n) is 12.4. The minimum atomic E-state index is -0.812. The third kappa shape index (κ3) is 6.31. The molecule has 9 heteroatoms. The molecule has 1 aliphatic heterocycles. The highest BCUT2D eigenvalue weighted by atomic mass is 32.1. The Morgan fingerprint density at radius 1 is 1.11 bits per heavy atom. The molecule has 0 spiro atoms.